The first-order valence-corrected chi connectivity index (χ1v) is 11.6. The number of amides is 1. The summed E-state index contributed by atoms with van der Waals surface area (Å²) >= 11 is 0. The Kier molecular flexibility index (Phi) is 7.40. The average molecular weight is 449 g/mol. The zero-order valence-corrected chi connectivity index (χ0v) is 18.8. The molecule has 3 rings (SSSR count). The third-order valence-electron chi connectivity index (χ3n) is 5.28. The number of sulfonamides is 1. The summed E-state index contributed by atoms with van der Waals surface area (Å²) in [7, 11) is 0.750. The number of methoxy groups -OCH3 is 3. The minimum absolute atomic E-state index is 0.0713. The van der Waals surface area contributed by atoms with Crippen molar-refractivity contribution in [1.82, 2.24) is 4.31 Å². The molecule has 0 atom stereocenters. The fourth-order valence-corrected chi connectivity index (χ4v) is 5.09. The molecular weight excluding hydrogens is 420 g/mol. The van der Waals surface area contributed by atoms with Gasteiger partial charge in [0.15, 0.2) is 0 Å². The van der Waals surface area contributed by atoms with E-state index in [1.807, 2.05) is 0 Å². The minimum atomic E-state index is -3.70. The Morgan fingerprint density at radius 3 is 2.16 bits per heavy atom. The van der Waals surface area contributed by atoms with Crippen LogP contribution in [0.2, 0.25) is 0 Å². The summed E-state index contributed by atoms with van der Waals surface area (Å²) in [5.41, 5.74) is 0.549. The molecule has 0 unspecified atom stereocenters. The van der Waals surface area contributed by atoms with Crippen LogP contribution < -0.4 is 19.5 Å². The molecule has 2 aromatic carbocycles. The smallest absolute Gasteiger partial charge is 0.259 e. The maximum atomic E-state index is 13.2. The van der Waals surface area contributed by atoms with E-state index in [-0.39, 0.29) is 16.2 Å². The van der Waals surface area contributed by atoms with Gasteiger partial charge in [-0.1, -0.05) is 12.8 Å². The lowest BCUT2D eigenvalue weighted by atomic mass is 10.1. The molecule has 1 aliphatic rings. The largest absolute Gasteiger partial charge is 0.497 e. The zero-order chi connectivity index (χ0) is 22.4. The molecule has 1 amide bonds. The maximum Gasteiger partial charge on any atom is 0.259 e. The molecule has 0 spiro atoms. The van der Waals surface area contributed by atoms with Crippen molar-refractivity contribution in [1.29, 1.82) is 0 Å². The topological polar surface area (TPSA) is 94.2 Å². The van der Waals surface area contributed by atoms with Crippen LogP contribution in [0, 0.1) is 0 Å². The van der Waals surface area contributed by atoms with E-state index in [4.69, 9.17) is 14.2 Å². The highest BCUT2D eigenvalue weighted by Crippen LogP contribution is 2.31. The van der Waals surface area contributed by atoms with E-state index < -0.39 is 15.9 Å². The van der Waals surface area contributed by atoms with Crippen molar-refractivity contribution >= 4 is 21.6 Å². The van der Waals surface area contributed by atoms with Gasteiger partial charge in [-0.3, -0.25) is 4.79 Å². The molecule has 8 nitrogen and oxygen atoms in total. The number of rotatable bonds is 7. The van der Waals surface area contributed by atoms with Crippen molar-refractivity contribution < 1.29 is 27.4 Å². The summed E-state index contributed by atoms with van der Waals surface area (Å²) < 4.78 is 43.6. The van der Waals surface area contributed by atoms with Crippen molar-refractivity contribution in [3.05, 3.63) is 42.0 Å². The zero-order valence-electron chi connectivity index (χ0n) is 18.0. The van der Waals surface area contributed by atoms with E-state index in [0.717, 1.165) is 25.7 Å². The number of nitrogens with one attached hydrogen (secondary N) is 1. The van der Waals surface area contributed by atoms with Crippen LogP contribution in [-0.4, -0.2) is 53.0 Å². The second-order valence-electron chi connectivity index (χ2n) is 7.20. The summed E-state index contributed by atoms with van der Waals surface area (Å²) in [4.78, 5) is 13.1. The second-order valence-corrected chi connectivity index (χ2v) is 9.14. The summed E-state index contributed by atoms with van der Waals surface area (Å²) in [5, 5.41) is 2.76. The average Bonchev–Trinajstić information content (AvgIpc) is 3.09. The van der Waals surface area contributed by atoms with Crippen molar-refractivity contribution in [2.24, 2.45) is 0 Å². The van der Waals surface area contributed by atoms with E-state index >= 15 is 0 Å². The van der Waals surface area contributed by atoms with Gasteiger partial charge in [0.05, 0.1) is 37.5 Å². The van der Waals surface area contributed by atoms with Gasteiger partial charge < -0.3 is 19.5 Å². The Hall–Kier alpha value is -2.78. The number of anilines is 1. The number of ether oxygens (including phenoxy) is 3. The van der Waals surface area contributed by atoms with Crippen LogP contribution in [0.5, 0.6) is 17.2 Å². The predicted molar refractivity (Wildman–Crippen MR) is 118 cm³/mol. The Labute approximate surface area is 183 Å². The molecule has 0 aromatic heterocycles. The van der Waals surface area contributed by atoms with Crippen LogP contribution in [0.3, 0.4) is 0 Å². The summed E-state index contributed by atoms with van der Waals surface area (Å²) in [5.74, 6) is 0.769. The van der Waals surface area contributed by atoms with E-state index in [0.29, 0.717) is 30.3 Å². The quantitative estimate of drug-likeness (QED) is 0.696. The van der Waals surface area contributed by atoms with Gasteiger partial charge in [0.25, 0.3) is 5.91 Å². The highest BCUT2D eigenvalue weighted by Gasteiger charge is 2.27. The molecule has 0 radical (unpaired) electrons. The van der Waals surface area contributed by atoms with Gasteiger partial charge in [0.2, 0.25) is 10.0 Å². The summed E-state index contributed by atoms with van der Waals surface area (Å²) in [6.07, 6.45) is 3.71. The van der Waals surface area contributed by atoms with Crippen LogP contribution >= 0.6 is 0 Å². The molecule has 0 saturated carbocycles. The fourth-order valence-electron chi connectivity index (χ4n) is 3.55. The number of hydrogen-bond acceptors (Lipinski definition) is 6. The van der Waals surface area contributed by atoms with Crippen LogP contribution in [0.15, 0.2) is 41.3 Å². The first-order valence-electron chi connectivity index (χ1n) is 10.1. The lowest BCUT2D eigenvalue weighted by Crippen LogP contribution is -2.32. The van der Waals surface area contributed by atoms with E-state index in [9.17, 15) is 13.2 Å². The standard InChI is InChI=1S/C22H28N2O6S/c1-28-16-8-10-19(21(14-16)30-3)23-22(25)18-15-17(9-11-20(18)29-2)31(26,27)24-12-6-4-5-7-13-24/h8-11,14-15H,4-7,12-13H2,1-3H3,(H,23,25). The molecular formula is C22H28N2O6S. The third-order valence-corrected chi connectivity index (χ3v) is 7.17. The molecule has 168 valence electrons. The second kappa shape index (κ2) is 10.0. The Morgan fingerprint density at radius 1 is 0.871 bits per heavy atom. The normalized spacial score (nSPS) is 15.1. The molecule has 0 aliphatic carbocycles. The number of carbonyl (C=O) groups is 1. The lowest BCUT2D eigenvalue weighted by molar-refractivity contribution is 0.102. The minimum Gasteiger partial charge on any atom is -0.497 e. The Balaban J connectivity index is 1.93. The molecule has 1 heterocycles. The van der Waals surface area contributed by atoms with E-state index in [1.54, 1.807) is 18.2 Å². The highest BCUT2D eigenvalue weighted by molar-refractivity contribution is 7.89. The van der Waals surface area contributed by atoms with Gasteiger partial charge in [-0.15, -0.1) is 0 Å². The third kappa shape index (κ3) is 5.11. The maximum absolute atomic E-state index is 13.2. The van der Waals surface area contributed by atoms with Gasteiger partial charge >= 0.3 is 0 Å². The Bertz CT molecular complexity index is 1030. The van der Waals surface area contributed by atoms with Crippen LogP contribution in [0.25, 0.3) is 0 Å². The van der Waals surface area contributed by atoms with Crippen LogP contribution in [0.1, 0.15) is 36.0 Å². The number of carbonyl (C=O) groups excluding carboxylic acids is 1. The first-order chi connectivity index (χ1) is 14.9. The first kappa shape index (κ1) is 22.9. The van der Waals surface area contributed by atoms with Crippen molar-refractivity contribution in [2.45, 2.75) is 30.6 Å². The molecule has 1 saturated heterocycles. The number of hydrogen-bond donors (Lipinski definition) is 1. The summed E-state index contributed by atoms with van der Waals surface area (Å²) in [6, 6.07) is 9.33. The van der Waals surface area contributed by atoms with Crippen molar-refractivity contribution in [2.75, 3.05) is 39.7 Å². The SMILES string of the molecule is COc1ccc(NC(=O)c2cc(S(=O)(=O)N3CCCCCC3)ccc2OC)c(OC)c1. The molecule has 31 heavy (non-hydrogen) atoms. The molecule has 0 bridgehead atoms. The highest BCUT2D eigenvalue weighted by atomic mass is 32.2. The lowest BCUT2D eigenvalue weighted by Gasteiger charge is -2.21. The van der Waals surface area contributed by atoms with E-state index in [1.165, 1.54) is 43.8 Å². The molecule has 9 heteroatoms. The van der Waals surface area contributed by atoms with Gasteiger partial charge in [0, 0.05) is 19.2 Å². The van der Waals surface area contributed by atoms with Crippen LogP contribution in [-0.2, 0) is 10.0 Å². The van der Waals surface area contributed by atoms with Gasteiger partial charge in [-0.25, -0.2) is 8.42 Å². The summed E-state index contributed by atoms with van der Waals surface area (Å²) in [6.45, 7) is 0.970. The number of nitrogens with zero attached hydrogens (tertiary/aromatic N) is 1. The van der Waals surface area contributed by atoms with Crippen LogP contribution in [0.4, 0.5) is 5.69 Å². The monoisotopic (exact) mass is 448 g/mol. The predicted octanol–water partition coefficient (Wildman–Crippen LogP) is 3.53. The van der Waals surface area contributed by atoms with Gasteiger partial charge in [-0.2, -0.15) is 4.31 Å². The molecule has 2 aromatic rings. The fraction of sp³-hybridized carbons (Fsp3) is 0.409. The van der Waals surface area contributed by atoms with Crippen molar-refractivity contribution in [3.63, 3.8) is 0 Å². The Morgan fingerprint density at radius 2 is 1.55 bits per heavy atom. The number of benzene rings is 2. The van der Waals surface area contributed by atoms with Gasteiger partial charge in [-0.05, 0) is 43.2 Å². The molecule has 1 aliphatic heterocycles. The molecule has 1 N–H and O–H groups in total. The van der Waals surface area contributed by atoms with E-state index in [2.05, 4.69) is 5.32 Å². The molecule has 1 fully saturated rings. The van der Waals surface area contributed by atoms with Crippen molar-refractivity contribution in [3.8, 4) is 17.2 Å². The van der Waals surface area contributed by atoms with Gasteiger partial charge in [0.1, 0.15) is 17.2 Å².